The SMILES string of the molecule is CNCCCNCC1COc2ccccc2O1. The van der Waals surface area contributed by atoms with Crippen molar-refractivity contribution in [3.8, 4) is 11.5 Å². The first kappa shape index (κ1) is 12.2. The van der Waals surface area contributed by atoms with Gasteiger partial charge in [-0.3, -0.25) is 0 Å². The van der Waals surface area contributed by atoms with Gasteiger partial charge in [-0.25, -0.2) is 0 Å². The van der Waals surface area contributed by atoms with E-state index in [1.54, 1.807) is 0 Å². The second-order valence-electron chi connectivity index (χ2n) is 4.16. The molecule has 0 bridgehead atoms. The lowest BCUT2D eigenvalue weighted by molar-refractivity contribution is 0.0905. The molecular formula is C13H20N2O2. The Morgan fingerprint density at radius 3 is 2.88 bits per heavy atom. The summed E-state index contributed by atoms with van der Waals surface area (Å²) < 4.78 is 11.5. The van der Waals surface area contributed by atoms with Crippen molar-refractivity contribution in [3.63, 3.8) is 0 Å². The molecule has 1 aromatic carbocycles. The molecule has 1 aliphatic rings. The van der Waals surface area contributed by atoms with E-state index < -0.39 is 0 Å². The first-order chi connectivity index (χ1) is 8.40. The molecule has 0 aliphatic carbocycles. The fourth-order valence-electron chi connectivity index (χ4n) is 1.82. The maximum atomic E-state index is 5.84. The minimum absolute atomic E-state index is 0.111. The van der Waals surface area contributed by atoms with Gasteiger partial charge in [0.15, 0.2) is 11.5 Å². The second kappa shape index (κ2) is 6.47. The molecule has 0 aromatic heterocycles. The molecule has 4 heteroatoms. The number of rotatable bonds is 6. The van der Waals surface area contributed by atoms with Gasteiger partial charge in [0.05, 0.1) is 0 Å². The normalized spacial score (nSPS) is 18.1. The van der Waals surface area contributed by atoms with Crippen molar-refractivity contribution in [3.05, 3.63) is 24.3 Å². The van der Waals surface area contributed by atoms with Crippen molar-refractivity contribution >= 4 is 0 Å². The molecule has 0 amide bonds. The standard InChI is InChI=1S/C13H20N2O2/c1-14-7-4-8-15-9-11-10-16-12-5-2-3-6-13(12)17-11/h2-3,5-6,11,14-15H,4,7-10H2,1H3. The molecule has 17 heavy (non-hydrogen) atoms. The zero-order valence-electron chi connectivity index (χ0n) is 10.2. The Kier molecular flexibility index (Phi) is 4.64. The number of ether oxygens (including phenoxy) is 2. The van der Waals surface area contributed by atoms with E-state index in [0.29, 0.717) is 6.61 Å². The van der Waals surface area contributed by atoms with Gasteiger partial charge in [0.1, 0.15) is 12.7 Å². The lowest BCUT2D eigenvalue weighted by atomic mass is 10.2. The molecule has 2 N–H and O–H groups in total. The monoisotopic (exact) mass is 236 g/mol. The molecule has 0 saturated carbocycles. The summed E-state index contributed by atoms with van der Waals surface area (Å²) in [5.74, 6) is 1.69. The summed E-state index contributed by atoms with van der Waals surface area (Å²) in [6, 6.07) is 7.80. The number of nitrogens with one attached hydrogen (secondary N) is 2. The first-order valence-electron chi connectivity index (χ1n) is 6.14. The van der Waals surface area contributed by atoms with Crippen molar-refractivity contribution in [1.82, 2.24) is 10.6 Å². The zero-order valence-corrected chi connectivity index (χ0v) is 10.2. The van der Waals surface area contributed by atoms with Crippen LogP contribution in [0.3, 0.4) is 0 Å². The van der Waals surface area contributed by atoms with E-state index in [1.807, 2.05) is 31.3 Å². The van der Waals surface area contributed by atoms with Crippen LogP contribution in [0.25, 0.3) is 0 Å². The summed E-state index contributed by atoms with van der Waals surface area (Å²) in [4.78, 5) is 0. The molecule has 2 rings (SSSR count). The topological polar surface area (TPSA) is 42.5 Å². The lowest BCUT2D eigenvalue weighted by Crippen LogP contribution is -2.39. The van der Waals surface area contributed by atoms with Gasteiger partial charge in [0, 0.05) is 6.54 Å². The third-order valence-corrected chi connectivity index (χ3v) is 2.72. The van der Waals surface area contributed by atoms with Crippen LogP contribution in [0.1, 0.15) is 6.42 Å². The van der Waals surface area contributed by atoms with Gasteiger partial charge in [-0.05, 0) is 38.7 Å². The van der Waals surface area contributed by atoms with E-state index >= 15 is 0 Å². The summed E-state index contributed by atoms with van der Waals surface area (Å²) in [5.41, 5.74) is 0. The van der Waals surface area contributed by atoms with Gasteiger partial charge in [-0.2, -0.15) is 0 Å². The molecule has 1 aliphatic heterocycles. The van der Waals surface area contributed by atoms with E-state index in [2.05, 4.69) is 10.6 Å². The average Bonchev–Trinajstić information content (AvgIpc) is 2.38. The number of benzene rings is 1. The molecule has 0 fully saturated rings. The van der Waals surface area contributed by atoms with Crippen molar-refractivity contribution in [2.24, 2.45) is 0 Å². The van der Waals surface area contributed by atoms with E-state index in [-0.39, 0.29) is 6.10 Å². The minimum atomic E-state index is 0.111. The second-order valence-corrected chi connectivity index (χ2v) is 4.16. The molecule has 1 unspecified atom stereocenters. The van der Waals surface area contributed by atoms with Gasteiger partial charge >= 0.3 is 0 Å². The average molecular weight is 236 g/mol. The van der Waals surface area contributed by atoms with Crippen molar-refractivity contribution < 1.29 is 9.47 Å². The molecule has 0 radical (unpaired) electrons. The lowest BCUT2D eigenvalue weighted by Gasteiger charge is -2.26. The molecule has 94 valence electrons. The van der Waals surface area contributed by atoms with E-state index in [1.165, 1.54) is 0 Å². The Bertz CT molecular complexity index is 344. The molecule has 1 heterocycles. The quantitative estimate of drug-likeness (QED) is 0.724. The Morgan fingerprint density at radius 1 is 1.24 bits per heavy atom. The molecule has 4 nitrogen and oxygen atoms in total. The number of para-hydroxylation sites is 2. The highest BCUT2D eigenvalue weighted by Crippen LogP contribution is 2.30. The van der Waals surface area contributed by atoms with Gasteiger partial charge in [-0.1, -0.05) is 12.1 Å². The number of hydrogen-bond donors (Lipinski definition) is 2. The Morgan fingerprint density at radius 2 is 2.06 bits per heavy atom. The van der Waals surface area contributed by atoms with Gasteiger partial charge < -0.3 is 20.1 Å². The highest BCUT2D eigenvalue weighted by Gasteiger charge is 2.19. The first-order valence-corrected chi connectivity index (χ1v) is 6.14. The van der Waals surface area contributed by atoms with Gasteiger partial charge in [0.25, 0.3) is 0 Å². The predicted molar refractivity (Wildman–Crippen MR) is 67.8 cm³/mol. The fourth-order valence-corrected chi connectivity index (χ4v) is 1.82. The van der Waals surface area contributed by atoms with Crippen molar-refractivity contribution in [2.45, 2.75) is 12.5 Å². The molecular weight excluding hydrogens is 216 g/mol. The van der Waals surface area contributed by atoms with Crippen LogP contribution >= 0.6 is 0 Å². The van der Waals surface area contributed by atoms with Crippen LogP contribution in [-0.2, 0) is 0 Å². The number of hydrogen-bond acceptors (Lipinski definition) is 4. The van der Waals surface area contributed by atoms with Crippen LogP contribution in [0, 0.1) is 0 Å². The molecule has 0 saturated heterocycles. The Balaban J connectivity index is 1.71. The van der Waals surface area contributed by atoms with Crippen molar-refractivity contribution in [2.75, 3.05) is 33.3 Å². The summed E-state index contributed by atoms with van der Waals surface area (Å²) in [6.07, 6.45) is 1.24. The van der Waals surface area contributed by atoms with Crippen LogP contribution in [0.4, 0.5) is 0 Å². The van der Waals surface area contributed by atoms with Crippen LogP contribution in [-0.4, -0.2) is 39.4 Å². The summed E-state index contributed by atoms with van der Waals surface area (Å²) >= 11 is 0. The molecule has 0 spiro atoms. The van der Waals surface area contributed by atoms with Crippen LogP contribution in [0.5, 0.6) is 11.5 Å². The number of fused-ring (bicyclic) bond motifs is 1. The molecule has 1 aromatic rings. The third kappa shape index (κ3) is 3.61. The van der Waals surface area contributed by atoms with Gasteiger partial charge in [-0.15, -0.1) is 0 Å². The predicted octanol–water partition coefficient (Wildman–Crippen LogP) is 1.03. The van der Waals surface area contributed by atoms with Crippen LogP contribution < -0.4 is 20.1 Å². The van der Waals surface area contributed by atoms with Crippen LogP contribution in [0.15, 0.2) is 24.3 Å². The maximum absolute atomic E-state index is 5.84. The molecule has 1 atom stereocenters. The summed E-state index contributed by atoms with van der Waals surface area (Å²) in [6.45, 7) is 3.49. The van der Waals surface area contributed by atoms with E-state index in [0.717, 1.165) is 37.6 Å². The third-order valence-electron chi connectivity index (χ3n) is 2.72. The highest BCUT2D eigenvalue weighted by atomic mass is 16.6. The van der Waals surface area contributed by atoms with Gasteiger partial charge in [0.2, 0.25) is 0 Å². The maximum Gasteiger partial charge on any atom is 0.161 e. The zero-order chi connectivity index (χ0) is 11.9. The summed E-state index contributed by atoms with van der Waals surface area (Å²) in [7, 11) is 1.97. The Labute approximate surface area is 102 Å². The fraction of sp³-hybridized carbons (Fsp3) is 0.538. The Hall–Kier alpha value is -1.26. The minimum Gasteiger partial charge on any atom is -0.486 e. The van der Waals surface area contributed by atoms with Crippen molar-refractivity contribution in [1.29, 1.82) is 0 Å². The summed E-state index contributed by atoms with van der Waals surface area (Å²) in [5, 5.41) is 6.50. The smallest absolute Gasteiger partial charge is 0.161 e. The van der Waals surface area contributed by atoms with Crippen LogP contribution in [0.2, 0.25) is 0 Å². The van der Waals surface area contributed by atoms with E-state index in [4.69, 9.17) is 9.47 Å². The highest BCUT2D eigenvalue weighted by molar-refractivity contribution is 5.40. The largest absolute Gasteiger partial charge is 0.486 e. The van der Waals surface area contributed by atoms with E-state index in [9.17, 15) is 0 Å².